The summed E-state index contributed by atoms with van der Waals surface area (Å²) in [4.78, 5) is 24.1. The Kier molecular flexibility index (Phi) is 4.58. The van der Waals surface area contributed by atoms with Gasteiger partial charge >= 0.3 is 12.0 Å². The lowest BCUT2D eigenvalue weighted by atomic mass is 9.96. The molecule has 1 aliphatic rings. The number of urea groups is 1. The van der Waals surface area contributed by atoms with Gasteiger partial charge in [-0.2, -0.15) is 0 Å². The van der Waals surface area contributed by atoms with Gasteiger partial charge in [0.05, 0.1) is 0 Å². The number of hydrogen-bond donors (Lipinski definition) is 2. The van der Waals surface area contributed by atoms with Crippen LogP contribution in [0.4, 0.5) is 4.79 Å². The fraction of sp³-hybridized carbons (Fsp3) is 0.818. The van der Waals surface area contributed by atoms with Crippen molar-refractivity contribution in [1.29, 1.82) is 0 Å². The molecule has 92 valence electrons. The minimum atomic E-state index is -1.00. The molecule has 5 nitrogen and oxygen atoms in total. The van der Waals surface area contributed by atoms with E-state index in [1.807, 2.05) is 0 Å². The Bertz CT molecular complexity index is 268. The maximum Gasteiger partial charge on any atom is 0.325 e. The molecule has 1 rings (SSSR count). The largest absolute Gasteiger partial charge is 0.480 e. The summed E-state index contributed by atoms with van der Waals surface area (Å²) in [7, 11) is 0. The summed E-state index contributed by atoms with van der Waals surface area (Å²) in [6.45, 7) is 5.07. The van der Waals surface area contributed by atoms with Crippen molar-refractivity contribution in [3.63, 3.8) is 0 Å². The van der Waals surface area contributed by atoms with E-state index >= 15 is 0 Å². The van der Waals surface area contributed by atoms with E-state index in [2.05, 4.69) is 12.2 Å². The lowest BCUT2D eigenvalue weighted by Crippen LogP contribution is -2.49. The number of rotatable bonds is 3. The first kappa shape index (κ1) is 12.8. The second-order valence-electron chi connectivity index (χ2n) is 4.37. The van der Waals surface area contributed by atoms with Gasteiger partial charge in [-0.1, -0.05) is 13.3 Å². The van der Waals surface area contributed by atoms with Crippen molar-refractivity contribution in [2.24, 2.45) is 5.92 Å². The Labute approximate surface area is 95.8 Å². The quantitative estimate of drug-likeness (QED) is 0.764. The number of carbonyl (C=O) groups excluding carboxylic acids is 1. The van der Waals surface area contributed by atoms with Crippen LogP contribution >= 0.6 is 0 Å². The van der Waals surface area contributed by atoms with Gasteiger partial charge in [0.1, 0.15) is 6.04 Å². The summed E-state index contributed by atoms with van der Waals surface area (Å²) in [5, 5.41) is 11.2. The molecule has 1 saturated heterocycles. The molecule has 0 saturated carbocycles. The summed E-state index contributed by atoms with van der Waals surface area (Å²) < 4.78 is 0. The predicted molar refractivity (Wildman–Crippen MR) is 60.2 cm³/mol. The highest BCUT2D eigenvalue weighted by atomic mass is 16.4. The van der Waals surface area contributed by atoms with Gasteiger partial charge in [0.25, 0.3) is 0 Å². The second kappa shape index (κ2) is 5.72. The molecular formula is C11H20N2O3. The predicted octanol–water partition coefficient (Wildman–Crippen LogP) is 1.29. The Morgan fingerprint density at radius 2 is 2.25 bits per heavy atom. The number of aliphatic carboxylic acids is 1. The zero-order valence-electron chi connectivity index (χ0n) is 9.90. The minimum absolute atomic E-state index is 0.256. The van der Waals surface area contributed by atoms with Gasteiger partial charge in [0.2, 0.25) is 0 Å². The molecule has 0 radical (unpaired) electrons. The number of amides is 2. The van der Waals surface area contributed by atoms with Crippen molar-refractivity contribution in [3.05, 3.63) is 0 Å². The number of likely N-dealkylation sites (tertiary alicyclic amines) is 1. The summed E-state index contributed by atoms with van der Waals surface area (Å²) >= 11 is 0. The van der Waals surface area contributed by atoms with Gasteiger partial charge in [-0.15, -0.1) is 0 Å². The van der Waals surface area contributed by atoms with Crippen LogP contribution in [0.5, 0.6) is 0 Å². The highest BCUT2D eigenvalue weighted by Crippen LogP contribution is 2.18. The van der Waals surface area contributed by atoms with Gasteiger partial charge in [0.15, 0.2) is 0 Å². The molecule has 2 amide bonds. The van der Waals surface area contributed by atoms with Crippen molar-refractivity contribution < 1.29 is 14.7 Å². The van der Waals surface area contributed by atoms with E-state index in [9.17, 15) is 9.59 Å². The van der Waals surface area contributed by atoms with Crippen molar-refractivity contribution in [1.82, 2.24) is 10.2 Å². The molecule has 0 bridgehead atoms. The standard InChI is InChI=1S/C11H20N2O3/c1-3-9-5-4-6-13(7-9)11(16)12-8(2)10(14)15/h8-9H,3-7H2,1-2H3,(H,12,16)(H,14,15). The van der Waals surface area contributed by atoms with Crippen molar-refractivity contribution in [2.45, 2.75) is 39.2 Å². The summed E-state index contributed by atoms with van der Waals surface area (Å²) in [6, 6.07) is -1.08. The molecule has 16 heavy (non-hydrogen) atoms. The SMILES string of the molecule is CCC1CCCN(C(=O)NC(C)C(=O)O)C1. The molecule has 1 heterocycles. The van der Waals surface area contributed by atoms with Crippen molar-refractivity contribution in [2.75, 3.05) is 13.1 Å². The van der Waals surface area contributed by atoms with Crippen molar-refractivity contribution in [3.8, 4) is 0 Å². The topological polar surface area (TPSA) is 69.6 Å². The Morgan fingerprint density at radius 3 is 2.81 bits per heavy atom. The Hall–Kier alpha value is -1.26. The van der Waals surface area contributed by atoms with E-state index in [4.69, 9.17) is 5.11 Å². The van der Waals surface area contributed by atoms with E-state index in [-0.39, 0.29) is 6.03 Å². The first-order valence-corrected chi connectivity index (χ1v) is 5.82. The summed E-state index contributed by atoms with van der Waals surface area (Å²) in [6.07, 6.45) is 3.24. The fourth-order valence-corrected chi connectivity index (χ4v) is 1.92. The molecule has 0 aromatic carbocycles. The van der Waals surface area contributed by atoms with Gasteiger partial charge in [0, 0.05) is 13.1 Å². The number of nitrogens with zero attached hydrogens (tertiary/aromatic N) is 1. The molecule has 2 N–H and O–H groups in total. The number of nitrogens with one attached hydrogen (secondary N) is 1. The fourth-order valence-electron chi connectivity index (χ4n) is 1.92. The van der Waals surface area contributed by atoms with Crippen LogP contribution < -0.4 is 5.32 Å². The van der Waals surface area contributed by atoms with Gasteiger partial charge in [-0.05, 0) is 25.7 Å². The minimum Gasteiger partial charge on any atom is -0.480 e. The molecule has 0 aliphatic carbocycles. The highest BCUT2D eigenvalue weighted by molar-refractivity contribution is 5.82. The van der Waals surface area contributed by atoms with Crippen LogP contribution in [0.2, 0.25) is 0 Å². The number of carbonyl (C=O) groups is 2. The highest BCUT2D eigenvalue weighted by Gasteiger charge is 2.24. The number of hydrogen-bond acceptors (Lipinski definition) is 2. The third-order valence-electron chi connectivity index (χ3n) is 3.09. The van der Waals surface area contributed by atoms with E-state index in [1.165, 1.54) is 6.92 Å². The van der Waals surface area contributed by atoms with Crippen molar-refractivity contribution >= 4 is 12.0 Å². The lowest BCUT2D eigenvalue weighted by molar-refractivity contribution is -0.138. The zero-order chi connectivity index (χ0) is 12.1. The molecule has 1 aliphatic heterocycles. The van der Waals surface area contributed by atoms with Crippen LogP contribution in [0.15, 0.2) is 0 Å². The van der Waals surface area contributed by atoms with Gasteiger partial charge in [-0.25, -0.2) is 4.79 Å². The van der Waals surface area contributed by atoms with Crippen LogP contribution in [0.25, 0.3) is 0 Å². The van der Waals surface area contributed by atoms with Crippen LogP contribution in [-0.4, -0.2) is 41.1 Å². The van der Waals surface area contributed by atoms with E-state index in [0.29, 0.717) is 5.92 Å². The molecule has 2 unspecified atom stereocenters. The monoisotopic (exact) mass is 228 g/mol. The average Bonchev–Trinajstić information content (AvgIpc) is 2.28. The van der Waals surface area contributed by atoms with Gasteiger partial charge < -0.3 is 15.3 Å². The van der Waals surface area contributed by atoms with Gasteiger partial charge in [-0.3, -0.25) is 4.79 Å². The lowest BCUT2D eigenvalue weighted by Gasteiger charge is -2.32. The Balaban J connectivity index is 2.44. The normalized spacial score (nSPS) is 22.6. The summed E-state index contributed by atoms with van der Waals surface area (Å²) in [5.74, 6) is -0.447. The Morgan fingerprint density at radius 1 is 1.56 bits per heavy atom. The smallest absolute Gasteiger partial charge is 0.325 e. The van der Waals surface area contributed by atoms with Crippen LogP contribution in [0.1, 0.15) is 33.1 Å². The third-order valence-corrected chi connectivity index (χ3v) is 3.09. The molecule has 5 heteroatoms. The average molecular weight is 228 g/mol. The molecule has 0 aromatic rings. The first-order chi connectivity index (χ1) is 7.54. The number of carboxylic acid groups (broad SMARTS) is 1. The maximum atomic E-state index is 11.7. The molecular weight excluding hydrogens is 208 g/mol. The molecule has 0 aromatic heterocycles. The van der Waals surface area contributed by atoms with E-state index < -0.39 is 12.0 Å². The number of carboxylic acids is 1. The number of piperidine rings is 1. The van der Waals surface area contributed by atoms with Crippen LogP contribution in [0.3, 0.4) is 0 Å². The third kappa shape index (κ3) is 3.40. The molecule has 2 atom stereocenters. The summed E-state index contributed by atoms with van der Waals surface area (Å²) in [5.41, 5.74) is 0. The molecule has 0 spiro atoms. The van der Waals surface area contributed by atoms with E-state index in [1.54, 1.807) is 4.90 Å². The van der Waals surface area contributed by atoms with Crippen LogP contribution in [0, 0.1) is 5.92 Å². The zero-order valence-corrected chi connectivity index (χ0v) is 9.90. The molecule has 1 fully saturated rings. The van der Waals surface area contributed by atoms with Crippen LogP contribution in [-0.2, 0) is 4.79 Å². The van der Waals surface area contributed by atoms with E-state index in [0.717, 1.165) is 32.4 Å². The maximum absolute atomic E-state index is 11.7. The second-order valence-corrected chi connectivity index (χ2v) is 4.37. The first-order valence-electron chi connectivity index (χ1n) is 5.82.